The van der Waals surface area contributed by atoms with Gasteiger partial charge in [-0.1, -0.05) is 11.6 Å². The number of ether oxygens (including phenoxy) is 2. The first-order valence-electron chi connectivity index (χ1n) is 7.32. The first-order chi connectivity index (χ1) is 12.1. The Bertz CT molecular complexity index is 941. The van der Waals surface area contributed by atoms with Crippen LogP contribution in [0.3, 0.4) is 0 Å². The molecule has 0 saturated heterocycles. The quantitative estimate of drug-likeness (QED) is 0.727. The maximum atomic E-state index is 12.3. The van der Waals surface area contributed by atoms with Gasteiger partial charge in [0.1, 0.15) is 11.5 Å². The predicted molar refractivity (Wildman–Crippen MR) is 95.9 cm³/mol. The first-order valence-corrected chi connectivity index (χ1v) is 7.70. The van der Waals surface area contributed by atoms with Crippen LogP contribution in [0.4, 0.5) is 11.6 Å². The van der Waals surface area contributed by atoms with Crippen molar-refractivity contribution in [1.29, 1.82) is 0 Å². The van der Waals surface area contributed by atoms with Gasteiger partial charge in [-0.2, -0.15) is 0 Å². The van der Waals surface area contributed by atoms with Crippen LogP contribution in [-0.2, 0) is 0 Å². The van der Waals surface area contributed by atoms with Gasteiger partial charge in [-0.3, -0.25) is 9.78 Å². The highest BCUT2D eigenvalue weighted by molar-refractivity contribution is 6.32. The van der Waals surface area contributed by atoms with E-state index < -0.39 is 0 Å². The predicted octanol–water partition coefficient (Wildman–Crippen LogP) is 3.25. The van der Waals surface area contributed by atoms with Crippen LogP contribution in [0.5, 0.6) is 11.5 Å². The lowest BCUT2D eigenvalue weighted by molar-refractivity contribution is 0.415. The molecular formula is C17H15ClN4O3. The van der Waals surface area contributed by atoms with Crippen molar-refractivity contribution in [2.75, 3.05) is 19.5 Å². The van der Waals surface area contributed by atoms with Crippen molar-refractivity contribution < 1.29 is 9.47 Å². The number of methoxy groups -OCH3 is 2. The largest absolute Gasteiger partial charge is 0.497 e. The SMILES string of the molecule is COc1ccc(-c2nnc(Nc3ccc(OC)c(Cl)c3)[nH]c2=O)cc1. The second kappa shape index (κ2) is 7.23. The lowest BCUT2D eigenvalue weighted by Gasteiger charge is -2.08. The van der Waals surface area contributed by atoms with Crippen LogP contribution >= 0.6 is 11.6 Å². The van der Waals surface area contributed by atoms with Crippen molar-refractivity contribution in [3.8, 4) is 22.8 Å². The third kappa shape index (κ3) is 3.72. The molecule has 3 rings (SSSR count). The number of aromatic nitrogens is 3. The second-order valence-electron chi connectivity index (χ2n) is 5.05. The van der Waals surface area contributed by atoms with E-state index in [1.54, 1.807) is 49.6 Å². The molecule has 2 aromatic carbocycles. The number of benzene rings is 2. The molecule has 0 aliphatic rings. The summed E-state index contributed by atoms with van der Waals surface area (Å²) in [4.78, 5) is 14.9. The van der Waals surface area contributed by atoms with Gasteiger partial charge in [-0.05, 0) is 42.5 Å². The van der Waals surface area contributed by atoms with E-state index in [4.69, 9.17) is 21.1 Å². The Morgan fingerprint density at radius 3 is 2.40 bits per heavy atom. The molecule has 0 bridgehead atoms. The lowest BCUT2D eigenvalue weighted by atomic mass is 10.1. The molecule has 0 spiro atoms. The molecule has 8 heteroatoms. The number of rotatable bonds is 5. The first kappa shape index (κ1) is 16.8. The van der Waals surface area contributed by atoms with Gasteiger partial charge in [0.05, 0.1) is 19.2 Å². The van der Waals surface area contributed by atoms with Gasteiger partial charge in [0, 0.05) is 11.3 Å². The zero-order chi connectivity index (χ0) is 17.8. The second-order valence-corrected chi connectivity index (χ2v) is 5.46. The van der Waals surface area contributed by atoms with E-state index in [1.807, 2.05) is 0 Å². The van der Waals surface area contributed by atoms with E-state index in [0.29, 0.717) is 27.8 Å². The van der Waals surface area contributed by atoms with Crippen molar-refractivity contribution in [3.63, 3.8) is 0 Å². The summed E-state index contributed by atoms with van der Waals surface area (Å²) in [5.74, 6) is 1.47. The van der Waals surface area contributed by atoms with E-state index in [1.165, 1.54) is 7.11 Å². The third-order valence-electron chi connectivity index (χ3n) is 3.47. The van der Waals surface area contributed by atoms with Gasteiger partial charge in [-0.15, -0.1) is 10.2 Å². The van der Waals surface area contributed by atoms with Crippen molar-refractivity contribution in [2.24, 2.45) is 0 Å². The molecule has 0 atom stereocenters. The van der Waals surface area contributed by atoms with E-state index in [-0.39, 0.29) is 17.2 Å². The summed E-state index contributed by atoms with van der Waals surface area (Å²) in [5.41, 5.74) is 1.16. The average molecular weight is 359 g/mol. The van der Waals surface area contributed by atoms with E-state index in [9.17, 15) is 4.79 Å². The Labute approximate surface area is 148 Å². The number of hydrogen-bond acceptors (Lipinski definition) is 6. The molecule has 1 aromatic heterocycles. The fraction of sp³-hybridized carbons (Fsp3) is 0.118. The molecule has 0 radical (unpaired) electrons. The minimum atomic E-state index is -0.359. The molecule has 1 heterocycles. The fourth-order valence-electron chi connectivity index (χ4n) is 2.21. The van der Waals surface area contributed by atoms with Crippen molar-refractivity contribution >= 4 is 23.2 Å². The van der Waals surface area contributed by atoms with Crippen LogP contribution < -0.4 is 20.3 Å². The van der Waals surface area contributed by atoms with Gasteiger partial charge in [-0.25, -0.2) is 0 Å². The van der Waals surface area contributed by atoms with Gasteiger partial charge in [0.15, 0.2) is 5.69 Å². The van der Waals surface area contributed by atoms with Crippen molar-refractivity contribution in [2.45, 2.75) is 0 Å². The molecule has 0 aliphatic heterocycles. The molecule has 3 aromatic rings. The molecule has 0 fully saturated rings. The smallest absolute Gasteiger partial charge is 0.279 e. The summed E-state index contributed by atoms with van der Waals surface area (Å²) in [5, 5.41) is 11.4. The number of nitrogens with one attached hydrogen (secondary N) is 2. The minimum absolute atomic E-state index is 0.212. The van der Waals surface area contributed by atoms with E-state index in [2.05, 4.69) is 20.5 Å². The Hall–Kier alpha value is -3.06. The number of anilines is 2. The lowest BCUT2D eigenvalue weighted by Crippen LogP contribution is -2.15. The summed E-state index contributed by atoms with van der Waals surface area (Å²) in [6.45, 7) is 0. The minimum Gasteiger partial charge on any atom is -0.497 e. The number of hydrogen-bond donors (Lipinski definition) is 2. The summed E-state index contributed by atoms with van der Waals surface area (Å²) < 4.78 is 10.2. The molecule has 128 valence electrons. The van der Waals surface area contributed by atoms with Crippen LogP contribution in [-0.4, -0.2) is 29.4 Å². The Morgan fingerprint density at radius 1 is 1.04 bits per heavy atom. The highest BCUT2D eigenvalue weighted by Gasteiger charge is 2.09. The average Bonchev–Trinajstić information content (AvgIpc) is 2.62. The van der Waals surface area contributed by atoms with Gasteiger partial charge in [0.25, 0.3) is 5.56 Å². The standard InChI is InChI=1S/C17H15ClN4O3/c1-24-12-6-3-10(4-7-12)15-16(23)20-17(22-21-15)19-11-5-8-14(25-2)13(18)9-11/h3-9H,1-2H3,(H2,19,20,22,23). The highest BCUT2D eigenvalue weighted by Crippen LogP contribution is 2.28. The molecule has 0 saturated carbocycles. The molecule has 7 nitrogen and oxygen atoms in total. The third-order valence-corrected chi connectivity index (χ3v) is 3.77. The van der Waals surface area contributed by atoms with Crippen molar-refractivity contribution in [3.05, 3.63) is 57.8 Å². The maximum absolute atomic E-state index is 12.3. The van der Waals surface area contributed by atoms with Crippen LogP contribution in [0.25, 0.3) is 11.3 Å². The van der Waals surface area contributed by atoms with E-state index in [0.717, 1.165) is 0 Å². The van der Waals surface area contributed by atoms with Gasteiger partial charge >= 0.3 is 0 Å². The van der Waals surface area contributed by atoms with Gasteiger partial charge in [0.2, 0.25) is 5.95 Å². The number of nitrogens with zero attached hydrogens (tertiary/aromatic N) is 2. The fourth-order valence-corrected chi connectivity index (χ4v) is 2.47. The molecule has 0 unspecified atom stereocenters. The maximum Gasteiger partial charge on any atom is 0.279 e. The Balaban J connectivity index is 1.84. The zero-order valence-electron chi connectivity index (χ0n) is 13.5. The monoisotopic (exact) mass is 358 g/mol. The van der Waals surface area contributed by atoms with Crippen LogP contribution in [0.2, 0.25) is 5.02 Å². The molecule has 0 amide bonds. The normalized spacial score (nSPS) is 10.4. The number of H-pyrrole nitrogens is 1. The van der Waals surface area contributed by atoms with Crippen LogP contribution in [0.15, 0.2) is 47.3 Å². The number of aromatic amines is 1. The van der Waals surface area contributed by atoms with Crippen molar-refractivity contribution in [1.82, 2.24) is 15.2 Å². The van der Waals surface area contributed by atoms with Crippen LogP contribution in [0.1, 0.15) is 0 Å². The Morgan fingerprint density at radius 2 is 1.80 bits per heavy atom. The molecular weight excluding hydrogens is 344 g/mol. The summed E-state index contributed by atoms with van der Waals surface area (Å²) in [7, 11) is 3.11. The molecule has 0 aliphatic carbocycles. The summed E-state index contributed by atoms with van der Waals surface area (Å²) >= 11 is 6.07. The Kier molecular flexibility index (Phi) is 4.85. The van der Waals surface area contributed by atoms with Crippen LogP contribution in [0, 0.1) is 0 Å². The van der Waals surface area contributed by atoms with E-state index >= 15 is 0 Å². The topological polar surface area (TPSA) is 89.1 Å². The highest BCUT2D eigenvalue weighted by atomic mass is 35.5. The molecule has 25 heavy (non-hydrogen) atoms. The molecule has 2 N–H and O–H groups in total. The summed E-state index contributed by atoms with van der Waals surface area (Å²) in [6.07, 6.45) is 0. The van der Waals surface area contributed by atoms with Gasteiger partial charge < -0.3 is 14.8 Å². The number of halogens is 1. The summed E-state index contributed by atoms with van der Waals surface area (Å²) in [6, 6.07) is 12.1. The zero-order valence-corrected chi connectivity index (χ0v) is 14.3.